The number of rotatable bonds is 4. The number of carboxylic acid groups (broad SMARTS) is 1. The number of ether oxygens (including phenoxy) is 1. The molecule has 2 rings (SSSR count). The Morgan fingerprint density at radius 1 is 1.43 bits per heavy atom. The van der Waals surface area contributed by atoms with Gasteiger partial charge in [-0.05, 0) is 12.5 Å². The molecule has 1 aromatic carbocycles. The summed E-state index contributed by atoms with van der Waals surface area (Å²) < 4.78 is 5.61. The summed E-state index contributed by atoms with van der Waals surface area (Å²) in [5.41, 5.74) is 0.955. The smallest absolute Gasteiger partial charge is 0.318 e. The molecule has 0 saturated heterocycles. The van der Waals surface area contributed by atoms with Gasteiger partial charge in [-0.25, -0.2) is 4.79 Å². The number of carbonyl (C=O) groups excluding carboxylic acids is 1. The number of hydrogen-bond donors (Lipinski definition) is 2. The van der Waals surface area contributed by atoms with E-state index in [0.717, 1.165) is 11.3 Å². The quantitative estimate of drug-likeness (QED) is 0.887. The second-order valence-electron chi connectivity index (χ2n) is 5.03. The van der Waals surface area contributed by atoms with Gasteiger partial charge in [-0.1, -0.05) is 25.1 Å². The SMILES string of the molecule is CCC(CC(=O)O)NC(=O)N1CCOc2ccccc2C1. The van der Waals surface area contributed by atoms with Gasteiger partial charge < -0.3 is 20.1 Å². The number of carboxylic acids is 1. The molecule has 2 N–H and O–H groups in total. The molecule has 0 bridgehead atoms. The Morgan fingerprint density at radius 3 is 2.90 bits per heavy atom. The predicted octanol–water partition coefficient (Wildman–Crippen LogP) is 1.84. The van der Waals surface area contributed by atoms with Crippen LogP contribution in [0.1, 0.15) is 25.3 Å². The molecule has 0 aromatic heterocycles. The molecule has 0 fully saturated rings. The van der Waals surface area contributed by atoms with Crippen LogP contribution in [0.3, 0.4) is 0 Å². The third-order valence-electron chi connectivity index (χ3n) is 3.48. The van der Waals surface area contributed by atoms with E-state index in [0.29, 0.717) is 26.1 Å². The first-order valence-electron chi connectivity index (χ1n) is 7.08. The molecule has 2 amide bonds. The highest BCUT2D eigenvalue weighted by atomic mass is 16.5. The molecule has 1 unspecified atom stereocenters. The van der Waals surface area contributed by atoms with Crippen LogP contribution < -0.4 is 10.1 Å². The molecule has 1 aliphatic rings. The second kappa shape index (κ2) is 6.97. The van der Waals surface area contributed by atoms with Crippen molar-refractivity contribution in [3.05, 3.63) is 29.8 Å². The molecule has 1 aromatic rings. The number of amides is 2. The highest BCUT2D eigenvalue weighted by molar-refractivity contribution is 5.76. The van der Waals surface area contributed by atoms with Gasteiger partial charge in [0.15, 0.2) is 0 Å². The minimum atomic E-state index is -0.910. The van der Waals surface area contributed by atoms with E-state index in [9.17, 15) is 9.59 Å². The standard InChI is InChI=1S/C15H20N2O4/c1-2-12(9-14(18)19)16-15(20)17-7-8-21-13-6-4-3-5-11(13)10-17/h3-6,12H,2,7-10H2,1H3,(H,16,20)(H,18,19). The lowest BCUT2D eigenvalue weighted by Crippen LogP contribution is -2.45. The van der Waals surface area contributed by atoms with E-state index >= 15 is 0 Å². The van der Waals surface area contributed by atoms with Gasteiger partial charge in [-0.2, -0.15) is 0 Å². The predicted molar refractivity (Wildman–Crippen MR) is 77.2 cm³/mol. The van der Waals surface area contributed by atoms with E-state index in [4.69, 9.17) is 9.84 Å². The lowest BCUT2D eigenvalue weighted by atomic mass is 10.1. The fraction of sp³-hybridized carbons (Fsp3) is 0.467. The topological polar surface area (TPSA) is 78.9 Å². The lowest BCUT2D eigenvalue weighted by molar-refractivity contribution is -0.137. The normalized spacial score (nSPS) is 15.4. The summed E-state index contributed by atoms with van der Waals surface area (Å²) in [5.74, 6) is -0.114. The molecule has 21 heavy (non-hydrogen) atoms. The van der Waals surface area contributed by atoms with Crippen molar-refractivity contribution in [3.63, 3.8) is 0 Å². The van der Waals surface area contributed by atoms with E-state index in [2.05, 4.69) is 5.32 Å². The minimum Gasteiger partial charge on any atom is -0.491 e. The molecule has 0 spiro atoms. The minimum absolute atomic E-state index is 0.0663. The van der Waals surface area contributed by atoms with Crippen LogP contribution in [-0.2, 0) is 11.3 Å². The van der Waals surface area contributed by atoms with Crippen LogP contribution in [-0.4, -0.2) is 41.2 Å². The first-order chi connectivity index (χ1) is 10.1. The van der Waals surface area contributed by atoms with Crippen LogP contribution in [0.2, 0.25) is 0 Å². The van der Waals surface area contributed by atoms with Gasteiger partial charge in [-0.15, -0.1) is 0 Å². The van der Waals surface area contributed by atoms with E-state index in [-0.39, 0.29) is 18.5 Å². The van der Waals surface area contributed by atoms with E-state index < -0.39 is 5.97 Å². The van der Waals surface area contributed by atoms with Crippen molar-refractivity contribution >= 4 is 12.0 Å². The van der Waals surface area contributed by atoms with Crippen LogP contribution in [0.25, 0.3) is 0 Å². The van der Waals surface area contributed by atoms with Crippen molar-refractivity contribution in [1.82, 2.24) is 10.2 Å². The number of hydrogen-bond acceptors (Lipinski definition) is 3. The summed E-state index contributed by atoms with van der Waals surface area (Å²) in [5, 5.41) is 11.6. The number of nitrogens with zero attached hydrogens (tertiary/aromatic N) is 1. The largest absolute Gasteiger partial charge is 0.491 e. The Balaban J connectivity index is 2.01. The maximum Gasteiger partial charge on any atom is 0.318 e. The first kappa shape index (κ1) is 15.2. The maximum absolute atomic E-state index is 12.3. The summed E-state index contributed by atoms with van der Waals surface area (Å²) >= 11 is 0. The fourth-order valence-corrected chi connectivity index (χ4v) is 2.27. The van der Waals surface area contributed by atoms with E-state index in [1.54, 1.807) is 4.90 Å². The zero-order valence-corrected chi connectivity index (χ0v) is 12.0. The van der Waals surface area contributed by atoms with Crippen molar-refractivity contribution in [2.75, 3.05) is 13.2 Å². The van der Waals surface area contributed by atoms with Gasteiger partial charge >= 0.3 is 12.0 Å². The van der Waals surface area contributed by atoms with Crippen molar-refractivity contribution in [2.24, 2.45) is 0 Å². The monoisotopic (exact) mass is 292 g/mol. The van der Waals surface area contributed by atoms with E-state index in [1.165, 1.54) is 0 Å². The second-order valence-corrected chi connectivity index (χ2v) is 5.03. The summed E-state index contributed by atoms with van der Waals surface area (Å²) in [7, 11) is 0. The van der Waals surface area contributed by atoms with Gasteiger partial charge in [0.05, 0.1) is 19.5 Å². The average molecular weight is 292 g/mol. The van der Waals surface area contributed by atoms with Gasteiger partial charge in [0, 0.05) is 11.6 Å². The van der Waals surface area contributed by atoms with Gasteiger partial charge in [0.2, 0.25) is 0 Å². The number of nitrogens with one attached hydrogen (secondary N) is 1. The lowest BCUT2D eigenvalue weighted by Gasteiger charge is -2.23. The molecule has 6 heteroatoms. The van der Waals surface area contributed by atoms with Gasteiger partial charge in [0.25, 0.3) is 0 Å². The Bertz CT molecular complexity index is 518. The third kappa shape index (κ3) is 4.11. The highest BCUT2D eigenvalue weighted by Crippen LogP contribution is 2.22. The van der Waals surface area contributed by atoms with Crippen molar-refractivity contribution < 1.29 is 19.4 Å². The molecule has 0 saturated carbocycles. The molecule has 1 atom stereocenters. The molecule has 0 radical (unpaired) electrons. The van der Waals surface area contributed by atoms with Crippen molar-refractivity contribution in [1.29, 1.82) is 0 Å². The molecule has 0 aliphatic carbocycles. The molecular weight excluding hydrogens is 272 g/mol. The number of benzene rings is 1. The number of fused-ring (bicyclic) bond motifs is 1. The number of para-hydroxylation sites is 1. The number of urea groups is 1. The van der Waals surface area contributed by atoms with Crippen LogP contribution in [0.15, 0.2) is 24.3 Å². The Morgan fingerprint density at radius 2 is 2.19 bits per heavy atom. The molecule has 1 heterocycles. The zero-order chi connectivity index (χ0) is 15.2. The van der Waals surface area contributed by atoms with Crippen LogP contribution >= 0.6 is 0 Å². The Kier molecular flexibility index (Phi) is 5.03. The Hall–Kier alpha value is -2.24. The average Bonchev–Trinajstić information content (AvgIpc) is 2.68. The summed E-state index contributed by atoms with van der Waals surface area (Å²) in [6, 6.07) is 7.01. The van der Waals surface area contributed by atoms with Crippen LogP contribution in [0, 0.1) is 0 Å². The highest BCUT2D eigenvalue weighted by Gasteiger charge is 2.22. The molecule has 1 aliphatic heterocycles. The number of aliphatic carboxylic acids is 1. The van der Waals surface area contributed by atoms with Crippen LogP contribution in [0.5, 0.6) is 5.75 Å². The molecule has 114 valence electrons. The van der Waals surface area contributed by atoms with Gasteiger partial charge in [0.1, 0.15) is 12.4 Å². The van der Waals surface area contributed by atoms with E-state index in [1.807, 2.05) is 31.2 Å². The number of carbonyl (C=O) groups is 2. The zero-order valence-electron chi connectivity index (χ0n) is 12.0. The summed E-state index contributed by atoms with van der Waals surface area (Å²) in [4.78, 5) is 24.7. The Labute approximate surface area is 123 Å². The maximum atomic E-state index is 12.3. The summed E-state index contributed by atoms with van der Waals surface area (Å²) in [6.45, 7) is 3.23. The van der Waals surface area contributed by atoms with Gasteiger partial charge in [-0.3, -0.25) is 4.79 Å². The molecule has 6 nitrogen and oxygen atoms in total. The molecular formula is C15H20N2O4. The fourth-order valence-electron chi connectivity index (χ4n) is 2.27. The first-order valence-corrected chi connectivity index (χ1v) is 7.08. The third-order valence-corrected chi connectivity index (χ3v) is 3.48. The van der Waals surface area contributed by atoms with Crippen molar-refractivity contribution in [2.45, 2.75) is 32.4 Å². The van der Waals surface area contributed by atoms with Crippen molar-refractivity contribution in [3.8, 4) is 5.75 Å². The van der Waals surface area contributed by atoms with Crippen LogP contribution in [0.4, 0.5) is 4.79 Å². The summed E-state index contributed by atoms with van der Waals surface area (Å²) in [6.07, 6.45) is 0.516.